The Hall–Kier alpha value is -1.62. The van der Waals surface area contributed by atoms with Crippen molar-refractivity contribution in [3.05, 3.63) is 29.6 Å². The van der Waals surface area contributed by atoms with Gasteiger partial charge in [0, 0.05) is 12.7 Å². The van der Waals surface area contributed by atoms with Crippen LogP contribution in [0.2, 0.25) is 0 Å². The van der Waals surface area contributed by atoms with Crippen LogP contribution in [0, 0.1) is 11.7 Å². The second-order valence-corrected chi connectivity index (χ2v) is 5.04. The van der Waals surface area contributed by atoms with E-state index in [1.165, 1.54) is 19.2 Å². The third kappa shape index (κ3) is 4.17. The summed E-state index contributed by atoms with van der Waals surface area (Å²) in [6, 6.07) is 3.63. The summed E-state index contributed by atoms with van der Waals surface area (Å²) in [4.78, 5) is 16.3. The number of aliphatic imine (C=N–C) groups is 1. The molecule has 1 atom stereocenters. The van der Waals surface area contributed by atoms with E-state index in [4.69, 9.17) is 9.47 Å². The lowest BCUT2D eigenvalue weighted by Crippen LogP contribution is -2.21. The third-order valence-electron chi connectivity index (χ3n) is 3.29. The molecule has 4 nitrogen and oxygen atoms in total. The molecule has 21 heavy (non-hydrogen) atoms. The number of hydrogen-bond donors (Lipinski definition) is 0. The molecule has 0 heterocycles. The number of halogens is 1. The first-order chi connectivity index (χ1) is 10.2. The summed E-state index contributed by atoms with van der Waals surface area (Å²) < 4.78 is 24.0. The van der Waals surface area contributed by atoms with E-state index in [9.17, 15) is 9.18 Å². The summed E-state index contributed by atoms with van der Waals surface area (Å²) in [5.41, 5.74) is 0.275. The normalized spacial score (nSPS) is 15.1. The molecule has 1 saturated carbocycles. The van der Waals surface area contributed by atoms with Gasteiger partial charge in [-0.15, -0.1) is 0 Å². The molecule has 1 aliphatic carbocycles. The minimum absolute atomic E-state index is 0.102. The number of benzene rings is 1. The van der Waals surface area contributed by atoms with Gasteiger partial charge < -0.3 is 9.47 Å². The number of isothiocyanates is 1. The number of ketones is 1. The number of hydrogen-bond acceptors (Lipinski definition) is 5. The highest BCUT2D eigenvalue weighted by Gasteiger charge is 2.36. The van der Waals surface area contributed by atoms with Gasteiger partial charge in [0.25, 0.3) is 0 Å². The van der Waals surface area contributed by atoms with Gasteiger partial charge in [-0.25, -0.2) is 9.38 Å². The van der Waals surface area contributed by atoms with E-state index in [-0.39, 0.29) is 29.6 Å². The van der Waals surface area contributed by atoms with Crippen LogP contribution in [-0.2, 0) is 4.74 Å². The molecule has 1 aliphatic rings. The molecule has 2 rings (SSSR count). The Bertz CT molecular complexity index is 568. The molecule has 0 bridgehead atoms. The fourth-order valence-corrected chi connectivity index (χ4v) is 2.14. The van der Waals surface area contributed by atoms with Crippen molar-refractivity contribution in [2.24, 2.45) is 10.9 Å². The van der Waals surface area contributed by atoms with E-state index in [0.717, 1.165) is 12.8 Å². The van der Waals surface area contributed by atoms with Crippen molar-refractivity contribution in [1.82, 2.24) is 0 Å². The Balaban J connectivity index is 2.11. The van der Waals surface area contributed by atoms with Crippen molar-refractivity contribution in [1.29, 1.82) is 0 Å². The summed E-state index contributed by atoms with van der Waals surface area (Å²) in [7, 11) is 1.54. The number of ether oxygens (including phenoxy) is 2. The molecule has 1 unspecified atom stereocenters. The van der Waals surface area contributed by atoms with E-state index in [0.29, 0.717) is 6.61 Å². The Morgan fingerprint density at radius 2 is 2.29 bits per heavy atom. The monoisotopic (exact) mass is 309 g/mol. The maximum atomic E-state index is 13.9. The molecule has 0 radical (unpaired) electrons. The molecule has 6 heteroatoms. The number of carbonyl (C=O) groups is 1. The van der Waals surface area contributed by atoms with E-state index >= 15 is 0 Å². The largest absolute Gasteiger partial charge is 0.488 e. The first-order valence-corrected chi connectivity index (χ1v) is 7.10. The zero-order chi connectivity index (χ0) is 15.2. The number of rotatable bonds is 8. The molecule has 1 fully saturated rings. The SMILES string of the molecule is COCCOc1ccc(C(=O)C(N=C=S)C2CC2)cc1F. The lowest BCUT2D eigenvalue weighted by atomic mass is 10.0. The Kier molecular flexibility index (Phi) is 5.56. The van der Waals surface area contributed by atoms with Gasteiger partial charge in [0.15, 0.2) is 17.3 Å². The number of nitrogens with zero attached hydrogens (tertiary/aromatic N) is 1. The summed E-state index contributed by atoms with van der Waals surface area (Å²) in [5, 5.41) is 2.26. The van der Waals surface area contributed by atoms with Crippen molar-refractivity contribution < 1.29 is 18.7 Å². The lowest BCUT2D eigenvalue weighted by Gasteiger charge is -2.11. The zero-order valence-corrected chi connectivity index (χ0v) is 12.5. The van der Waals surface area contributed by atoms with Crippen LogP contribution < -0.4 is 4.74 Å². The summed E-state index contributed by atoms with van der Waals surface area (Å²) in [6.45, 7) is 0.619. The van der Waals surface area contributed by atoms with Crippen LogP contribution in [-0.4, -0.2) is 37.3 Å². The van der Waals surface area contributed by atoms with Crippen molar-refractivity contribution in [3.8, 4) is 5.75 Å². The van der Waals surface area contributed by atoms with Crippen LogP contribution in [0.3, 0.4) is 0 Å². The average molecular weight is 309 g/mol. The molecule has 0 aromatic heterocycles. The van der Waals surface area contributed by atoms with Crippen LogP contribution in [0.25, 0.3) is 0 Å². The van der Waals surface area contributed by atoms with E-state index in [2.05, 4.69) is 22.4 Å². The molecule has 0 amide bonds. The zero-order valence-electron chi connectivity index (χ0n) is 11.7. The standard InChI is InChI=1S/C15H16FNO3S/c1-19-6-7-20-13-5-4-11(8-12(13)16)15(18)14(17-9-21)10-2-3-10/h4-5,8,10,14H,2-3,6-7H2,1H3. The van der Waals surface area contributed by atoms with Crippen LogP contribution >= 0.6 is 12.2 Å². The Morgan fingerprint density at radius 1 is 1.52 bits per heavy atom. The first kappa shape index (κ1) is 15.8. The van der Waals surface area contributed by atoms with E-state index < -0.39 is 11.9 Å². The third-order valence-corrected chi connectivity index (χ3v) is 3.40. The molecule has 1 aromatic rings. The summed E-state index contributed by atoms with van der Waals surface area (Å²) in [6.07, 6.45) is 1.88. The molecular weight excluding hydrogens is 293 g/mol. The highest BCUT2D eigenvalue weighted by atomic mass is 32.1. The second kappa shape index (κ2) is 7.41. The fraction of sp³-hybridized carbons (Fsp3) is 0.467. The highest BCUT2D eigenvalue weighted by Crippen LogP contribution is 2.36. The van der Waals surface area contributed by atoms with Gasteiger partial charge in [0.1, 0.15) is 12.6 Å². The molecular formula is C15H16FNO3S. The Labute approximate surface area is 128 Å². The number of Topliss-reactive ketones (excluding diaryl/α,β-unsaturated/α-hetero) is 1. The molecule has 0 N–H and O–H groups in total. The lowest BCUT2D eigenvalue weighted by molar-refractivity contribution is 0.0952. The fourth-order valence-electron chi connectivity index (χ4n) is 2.02. The number of methoxy groups -OCH3 is 1. The maximum Gasteiger partial charge on any atom is 0.188 e. The van der Waals surface area contributed by atoms with Crippen LogP contribution in [0.5, 0.6) is 5.75 Å². The quantitative estimate of drug-likeness (QED) is 0.321. The van der Waals surface area contributed by atoms with Gasteiger partial charge in [-0.05, 0) is 49.2 Å². The average Bonchev–Trinajstić information content (AvgIpc) is 3.30. The maximum absolute atomic E-state index is 13.9. The summed E-state index contributed by atoms with van der Waals surface area (Å²) in [5.74, 6) is -0.492. The van der Waals surface area contributed by atoms with Crippen molar-refractivity contribution in [2.75, 3.05) is 20.3 Å². The van der Waals surface area contributed by atoms with Crippen LogP contribution in [0.1, 0.15) is 23.2 Å². The minimum atomic E-state index is -0.571. The van der Waals surface area contributed by atoms with Crippen LogP contribution in [0.15, 0.2) is 23.2 Å². The van der Waals surface area contributed by atoms with Gasteiger partial charge in [-0.1, -0.05) is 0 Å². The number of carbonyl (C=O) groups excluding carboxylic acids is 1. The highest BCUT2D eigenvalue weighted by molar-refractivity contribution is 7.78. The summed E-state index contributed by atoms with van der Waals surface area (Å²) >= 11 is 4.58. The Morgan fingerprint density at radius 3 is 2.86 bits per heavy atom. The van der Waals surface area contributed by atoms with Gasteiger partial charge >= 0.3 is 0 Å². The van der Waals surface area contributed by atoms with E-state index in [1.54, 1.807) is 6.07 Å². The minimum Gasteiger partial charge on any atom is -0.488 e. The predicted octanol–water partition coefficient (Wildman–Crippen LogP) is 2.92. The molecule has 0 aliphatic heterocycles. The van der Waals surface area contributed by atoms with Gasteiger partial charge in [-0.3, -0.25) is 4.79 Å². The van der Waals surface area contributed by atoms with Crippen molar-refractivity contribution >= 4 is 23.2 Å². The predicted molar refractivity (Wildman–Crippen MR) is 79.6 cm³/mol. The van der Waals surface area contributed by atoms with Crippen molar-refractivity contribution in [2.45, 2.75) is 18.9 Å². The molecule has 0 spiro atoms. The smallest absolute Gasteiger partial charge is 0.188 e. The molecule has 1 aromatic carbocycles. The van der Waals surface area contributed by atoms with Gasteiger partial charge in [-0.2, -0.15) is 0 Å². The second-order valence-electron chi connectivity index (χ2n) is 4.85. The number of thiocarbonyl (C=S) groups is 1. The first-order valence-electron chi connectivity index (χ1n) is 6.70. The molecule has 112 valence electrons. The van der Waals surface area contributed by atoms with E-state index in [1.807, 2.05) is 0 Å². The van der Waals surface area contributed by atoms with Crippen molar-refractivity contribution in [3.63, 3.8) is 0 Å². The van der Waals surface area contributed by atoms with Gasteiger partial charge in [0.2, 0.25) is 0 Å². The molecule has 0 saturated heterocycles. The topological polar surface area (TPSA) is 47.9 Å². The van der Waals surface area contributed by atoms with Crippen LogP contribution in [0.4, 0.5) is 4.39 Å². The van der Waals surface area contributed by atoms with Gasteiger partial charge in [0.05, 0.1) is 11.8 Å².